The number of nitrogens with zero attached hydrogens (tertiary/aromatic N) is 1. The van der Waals surface area contributed by atoms with Gasteiger partial charge in [-0.2, -0.15) is 0 Å². The highest BCUT2D eigenvalue weighted by Crippen LogP contribution is 2.44. The number of aliphatic carboxylic acids is 1. The van der Waals surface area contributed by atoms with Crippen molar-refractivity contribution >= 4 is 18.0 Å². The fourth-order valence-corrected chi connectivity index (χ4v) is 6.13. The number of hydrogen-bond acceptors (Lipinski definition) is 4. The van der Waals surface area contributed by atoms with Crippen LogP contribution in [0.4, 0.5) is 4.79 Å². The van der Waals surface area contributed by atoms with E-state index >= 15 is 0 Å². The molecule has 2 saturated carbocycles. The van der Waals surface area contributed by atoms with E-state index in [1.54, 1.807) is 7.05 Å². The molecule has 3 aliphatic rings. The van der Waals surface area contributed by atoms with Crippen LogP contribution in [0.3, 0.4) is 0 Å². The van der Waals surface area contributed by atoms with Gasteiger partial charge in [-0.1, -0.05) is 55.0 Å². The van der Waals surface area contributed by atoms with Crippen LogP contribution in [-0.4, -0.2) is 53.7 Å². The number of carboxylic acids is 1. The quantitative estimate of drug-likeness (QED) is 0.617. The van der Waals surface area contributed by atoms with E-state index in [-0.39, 0.29) is 30.3 Å². The first kappa shape index (κ1) is 23.4. The Hall–Kier alpha value is -3.35. The number of nitrogens with one attached hydrogen (secondary N) is 1. The largest absolute Gasteiger partial charge is 0.479 e. The second-order valence-electron chi connectivity index (χ2n) is 10.1. The van der Waals surface area contributed by atoms with Crippen LogP contribution in [0.1, 0.15) is 55.6 Å². The van der Waals surface area contributed by atoms with Crippen molar-refractivity contribution in [2.24, 2.45) is 11.8 Å². The van der Waals surface area contributed by atoms with E-state index in [0.29, 0.717) is 19.4 Å². The standard InChI is InChI=1S/C28H32N2O5/c1-30(28(26(32)33)14-7-15-28)25(31)19-13-6-8-18(19)16-29-27(34)35-17-24-22-11-4-2-9-20(22)21-10-3-5-12-23(21)24/h2-5,9-12,18-19,24H,6-8,13-17H2,1H3,(H,29,34)(H,32,33)/t18-,19-/m0/s1. The van der Waals surface area contributed by atoms with Gasteiger partial charge in [0.2, 0.25) is 5.91 Å². The van der Waals surface area contributed by atoms with Crippen molar-refractivity contribution in [2.45, 2.75) is 50.0 Å². The molecule has 184 valence electrons. The molecule has 0 bridgehead atoms. The summed E-state index contributed by atoms with van der Waals surface area (Å²) in [5.74, 6) is -1.34. The zero-order valence-corrected chi connectivity index (χ0v) is 20.0. The Kier molecular flexibility index (Phi) is 6.26. The maximum Gasteiger partial charge on any atom is 0.407 e. The number of rotatable bonds is 7. The van der Waals surface area contributed by atoms with Crippen LogP contribution in [-0.2, 0) is 14.3 Å². The van der Waals surface area contributed by atoms with Gasteiger partial charge in [-0.25, -0.2) is 9.59 Å². The van der Waals surface area contributed by atoms with Gasteiger partial charge in [0, 0.05) is 25.4 Å². The third-order valence-electron chi connectivity index (χ3n) is 8.38. The van der Waals surface area contributed by atoms with Crippen molar-refractivity contribution in [3.05, 3.63) is 59.7 Å². The van der Waals surface area contributed by atoms with Crippen molar-refractivity contribution in [3.8, 4) is 11.1 Å². The molecule has 0 saturated heterocycles. The Balaban J connectivity index is 1.17. The summed E-state index contributed by atoms with van der Waals surface area (Å²) in [6.45, 7) is 0.595. The molecule has 0 unspecified atom stereocenters. The molecule has 0 spiro atoms. The highest BCUT2D eigenvalue weighted by atomic mass is 16.5. The zero-order valence-electron chi connectivity index (χ0n) is 20.0. The lowest BCUT2D eigenvalue weighted by molar-refractivity contribution is -0.166. The van der Waals surface area contributed by atoms with Gasteiger partial charge in [0.05, 0.1) is 0 Å². The van der Waals surface area contributed by atoms with Crippen LogP contribution >= 0.6 is 0 Å². The molecule has 2 amide bonds. The Labute approximate surface area is 205 Å². The maximum atomic E-state index is 13.2. The molecule has 0 aromatic heterocycles. The maximum absolute atomic E-state index is 13.2. The molecule has 7 nitrogen and oxygen atoms in total. The summed E-state index contributed by atoms with van der Waals surface area (Å²) in [4.78, 5) is 39.1. The summed E-state index contributed by atoms with van der Waals surface area (Å²) in [5, 5.41) is 12.6. The highest BCUT2D eigenvalue weighted by Gasteiger charge is 2.51. The fourth-order valence-electron chi connectivity index (χ4n) is 6.13. The molecule has 7 heteroatoms. The van der Waals surface area contributed by atoms with Crippen molar-refractivity contribution in [1.82, 2.24) is 10.2 Å². The molecule has 2 aromatic carbocycles. The molecule has 0 radical (unpaired) electrons. The van der Waals surface area contributed by atoms with E-state index in [2.05, 4.69) is 29.6 Å². The third kappa shape index (κ3) is 4.07. The summed E-state index contributed by atoms with van der Waals surface area (Å²) in [7, 11) is 1.62. The van der Waals surface area contributed by atoms with Gasteiger partial charge < -0.3 is 20.1 Å². The summed E-state index contributed by atoms with van der Waals surface area (Å²) in [6, 6.07) is 16.4. The molecular weight excluding hydrogens is 444 g/mol. The van der Waals surface area contributed by atoms with E-state index in [0.717, 1.165) is 36.8 Å². The molecular formula is C28H32N2O5. The molecule has 5 rings (SSSR count). The number of hydrogen-bond donors (Lipinski definition) is 2. The number of likely N-dealkylation sites (N-methyl/N-ethyl adjacent to an activating group) is 1. The van der Waals surface area contributed by atoms with Crippen molar-refractivity contribution < 1.29 is 24.2 Å². The van der Waals surface area contributed by atoms with E-state index in [9.17, 15) is 19.5 Å². The van der Waals surface area contributed by atoms with E-state index in [1.165, 1.54) is 16.0 Å². The van der Waals surface area contributed by atoms with Crippen molar-refractivity contribution in [2.75, 3.05) is 20.2 Å². The van der Waals surface area contributed by atoms with E-state index < -0.39 is 17.6 Å². The first-order valence-corrected chi connectivity index (χ1v) is 12.5. The second-order valence-corrected chi connectivity index (χ2v) is 10.1. The van der Waals surface area contributed by atoms with Crippen LogP contribution in [0.25, 0.3) is 11.1 Å². The van der Waals surface area contributed by atoms with Crippen LogP contribution in [0, 0.1) is 11.8 Å². The van der Waals surface area contributed by atoms with Crippen LogP contribution in [0.5, 0.6) is 0 Å². The monoisotopic (exact) mass is 476 g/mol. The third-order valence-corrected chi connectivity index (χ3v) is 8.38. The molecule has 0 aliphatic heterocycles. The van der Waals surface area contributed by atoms with Gasteiger partial charge in [-0.05, 0) is 60.3 Å². The number of carbonyl (C=O) groups is 3. The number of amides is 2. The first-order chi connectivity index (χ1) is 16.9. The van der Waals surface area contributed by atoms with Crippen molar-refractivity contribution in [1.29, 1.82) is 0 Å². The van der Waals surface area contributed by atoms with E-state index in [4.69, 9.17) is 4.74 Å². The average molecular weight is 477 g/mol. The first-order valence-electron chi connectivity index (χ1n) is 12.5. The summed E-state index contributed by atoms with van der Waals surface area (Å²) in [5.41, 5.74) is 3.62. The smallest absolute Gasteiger partial charge is 0.407 e. The average Bonchev–Trinajstić information content (AvgIpc) is 3.42. The predicted octanol–water partition coefficient (Wildman–Crippen LogP) is 4.41. The Morgan fingerprint density at radius 1 is 1.00 bits per heavy atom. The lowest BCUT2D eigenvalue weighted by Crippen LogP contribution is -2.61. The Bertz CT molecular complexity index is 1100. The number of alkyl carbamates (subject to hydrolysis) is 1. The number of benzene rings is 2. The van der Waals surface area contributed by atoms with Gasteiger partial charge in [-0.3, -0.25) is 4.79 Å². The van der Waals surface area contributed by atoms with Gasteiger partial charge in [-0.15, -0.1) is 0 Å². The van der Waals surface area contributed by atoms with Crippen molar-refractivity contribution in [3.63, 3.8) is 0 Å². The Morgan fingerprint density at radius 2 is 1.63 bits per heavy atom. The lowest BCUT2D eigenvalue weighted by Gasteiger charge is -2.46. The summed E-state index contributed by atoms with van der Waals surface area (Å²) >= 11 is 0. The van der Waals surface area contributed by atoms with Crippen LogP contribution < -0.4 is 5.32 Å². The summed E-state index contributed by atoms with van der Waals surface area (Å²) in [6.07, 6.45) is 3.77. The number of carbonyl (C=O) groups excluding carboxylic acids is 2. The molecule has 2 aromatic rings. The topological polar surface area (TPSA) is 95.9 Å². The number of ether oxygens (including phenoxy) is 1. The van der Waals surface area contributed by atoms with Gasteiger partial charge in [0.15, 0.2) is 0 Å². The molecule has 0 heterocycles. The van der Waals surface area contributed by atoms with Crippen LogP contribution in [0.2, 0.25) is 0 Å². The highest BCUT2D eigenvalue weighted by molar-refractivity contribution is 5.89. The summed E-state index contributed by atoms with van der Waals surface area (Å²) < 4.78 is 5.63. The normalized spacial score (nSPS) is 22.0. The second kappa shape index (κ2) is 9.36. The lowest BCUT2D eigenvalue weighted by atomic mass is 9.74. The van der Waals surface area contributed by atoms with Crippen LogP contribution in [0.15, 0.2) is 48.5 Å². The fraction of sp³-hybridized carbons (Fsp3) is 0.464. The molecule has 35 heavy (non-hydrogen) atoms. The SMILES string of the molecule is CN(C(=O)[C@H]1CCC[C@H]1CNC(=O)OCC1c2ccccc2-c2ccccc21)C1(C(=O)O)CCC1. The van der Waals surface area contributed by atoms with Gasteiger partial charge >= 0.3 is 12.1 Å². The zero-order chi connectivity index (χ0) is 24.6. The number of carboxylic acid groups (broad SMARTS) is 1. The molecule has 2 atom stereocenters. The molecule has 2 fully saturated rings. The number of fused-ring (bicyclic) bond motifs is 3. The van der Waals surface area contributed by atoms with Gasteiger partial charge in [0.25, 0.3) is 0 Å². The van der Waals surface area contributed by atoms with E-state index in [1.807, 2.05) is 24.3 Å². The Morgan fingerprint density at radius 3 is 2.20 bits per heavy atom. The molecule has 3 aliphatic carbocycles. The minimum absolute atomic E-state index is 0.00251. The minimum atomic E-state index is -1.07. The predicted molar refractivity (Wildman–Crippen MR) is 131 cm³/mol. The van der Waals surface area contributed by atoms with Gasteiger partial charge in [0.1, 0.15) is 12.1 Å². The molecule has 2 N–H and O–H groups in total. The minimum Gasteiger partial charge on any atom is -0.479 e.